The van der Waals surface area contributed by atoms with E-state index in [-0.39, 0.29) is 11.8 Å². The molecule has 0 saturated heterocycles. The monoisotopic (exact) mass is 368 g/mol. The molecule has 144 valence electrons. The molecular weight excluding hydrogens is 340 g/mol. The molecule has 1 aromatic carbocycles. The van der Waals surface area contributed by atoms with E-state index in [0.29, 0.717) is 13.2 Å². The summed E-state index contributed by atoms with van der Waals surface area (Å²) in [6.07, 6.45) is 3.24. The van der Waals surface area contributed by atoms with Crippen molar-refractivity contribution in [3.8, 4) is 5.75 Å². The lowest BCUT2D eigenvalue weighted by Crippen LogP contribution is -2.34. The average molecular weight is 368 g/mol. The van der Waals surface area contributed by atoms with Crippen molar-refractivity contribution in [3.05, 3.63) is 47.3 Å². The van der Waals surface area contributed by atoms with Gasteiger partial charge in [-0.25, -0.2) is 0 Å². The molecule has 1 saturated carbocycles. The summed E-state index contributed by atoms with van der Waals surface area (Å²) in [7, 11) is 0. The van der Waals surface area contributed by atoms with Crippen molar-refractivity contribution in [3.63, 3.8) is 0 Å². The molecule has 27 heavy (non-hydrogen) atoms. The summed E-state index contributed by atoms with van der Waals surface area (Å²) in [6, 6.07) is 10.4. The molecule has 1 fully saturated rings. The number of amides is 1. The van der Waals surface area contributed by atoms with Crippen LogP contribution in [0.15, 0.2) is 30.3 Å². The van der Waals surface area contributed by atoms with Crippen LogP contribution in [-0.2, 0) is 31.0 Å². The van der Waals surface area contributed by atoms with Gasteiger partial charge in [0.25, 0.3) is 0 Å². The van der Waals surface area contributed by atoms with Gasteiger partial charge in [-0.2, -0.15) is 5.10 Å². The molecule has 0 radical (unpaired) electrons. The molecule has 6 heteroatoms. The number of aromatic nitrogens is 2. The number of benzene rings is 1. The third-order valence-corrected chi connectivity index (χ3v) is 5.51. The van der Waals surface area contributed by atoms with Gasteiger partial charge in [0.2, 0.25) is 5.91 Å². The second-order valence-electron chi connectivity index (χ2n) is 7.45. The number of nitrogens with zero attached hydrogens (tertiary/aromatic N) is 3. The molecule has 0 unspecified atom stereocenters. The summed E-state index contributed by atoms with van der Waals surface area (Å²) in [4.78, 5) is 14.4. The van der Waals surface area contributed by atoms with E-state index in [9.17, 15) is 4.79 Å². The topological polar surface area (TPSA) is 59.4 Å². The van der Waals surface area contributed by atoms with E-state index in [1.54, 1.807) is 0 Å². The lowest BCUT2D eigenvalue weighted by Gasteiger charge is -2.28. The SMILES string of the molecule is CCOc1ccccc1CN1CCn2nc(CNC(=O)C3CCC3)cc2C1. The standard InChI is InChI=1S/C21H28N4O2/c1-2-27-20-9-4-3-6-17(20)14-24-10-11-25-19(15-24)12-18(23-25)13-22-21(26)16-7-5-8-16/h3-4,6,9,12,16H,2,5,7-8,10-11,13-15H2,1H3,(H,22,26). The van der Waals surface area contributed by atoms with Crippen LogP contribution in [0.3, 0.4) is 0 Å². The molecule has 6 nitrogen and oxygen atoms in total. The highest BCUT2D eigenvalue weighted by atomic mass is 16.5. The molecule has 1 aromatic heterocycles. The largest absolute Gasteiger partial charge is 0.494 e. The minimum absolute atomic E-state index is 0.182. The summed E-state index contributed by atoms with van der Waals surface area (Å²) >= 11 is 0. The first-order valence-corrected chi connectivity index (χ1v) is 9.99. The van der Waals surface area contributed by atoms with Crippen LogP contribution in [0.25, 0.3) is 0 Å². The number of hydrogen-bond donors (Lipinski definition) is 1. The highest BCUT2D eigenvalue weighted by molar-refractivity contribution is 5.79. The van der Waals surface area contributed by atoms with Gasteiger partial charge in [-0.1, -0.05) is 24.6 Å². The Hall–Kier alpha value is -2.34. The zero-order valence-electron chi connectivity index (χ0n) is 16.0. The van der Waals surface area contributed by atoms with Crippen molar-refractivity contribution in [2.45, 2.75) is 52.4 Å². The quantitative estimate of drug-likeness (QED) is 0.816. The van der Waals surface area contributed by atoms with E-state index in [1.807, 2.05) is 19.1 Å². The molecule has 2 aliphatic rings. The Bertz CT molecular complexity index is 797. The maximum atomic E-state index is 12.0. The fourth-order valence-electron chi connectivity index (χ4n) is 3.77. The Labute approximate surface area is 160 Å². The van der Waals surface area contributed by atoms with E-state index in [4.69, 9.17) is 4.74 Å². The Morgan fingerprint density at radius 1 is 1.30 bits per heavy atom. The Morgan fingerprint density at radius 3 is 2.93 bits per heavy atom. The van der Waals surface area contributed by atoms with E-state index < -0.39 is 0 Å². The smallest absolute Gasteiger partial charge is 0.223 e. The molecule has 0 bridgehead atoms. The number of para-hydroxylation sites is 1. The first-order chi connectivity index (χ1) is 13.2. The summed E-state index contributed by atoms with van der Waals surface area (Å²) in [5, 5.41) is 7.70. The lowest BCUT2D eigenvalue weighted by molar-refractivity contribution is -0.127. The van der Waals surface area contributed by atoms with Gasteiger partial charge in [0, 0.05) is 31.1 Å². The number of hydrogen-bond acceptors (Lipinski definition) is 4. The van der Waals surface area contributed by atoms with Crippen molar-refractivity contribution in [2.75, 3.05) is 13.2 Å². The van der Waals surface area contributed by atoms with Crippen LogP contribution in [0.4, 0.5) is 0 Å². The normalized spacial score (nSPS) is 17.2. The molecule has 1 N–H and O–H groups in total. The van der Waals surface area contributed by atoms with Crippen molar-refractivity contribution in [2.24, 2.45) is 5.92 Å². The van der Waals surface area contributed by atoms with Gasteiger partial charge in [0.15, 0.2) is 0 Å². The van der Waals surface area contributed by atoms with Crippen LogP contribution >= 0.6 is 0 Å². The molecule has 1 aliphatic carbocycles. The van der Waals surface area contributed by atoms with Crippen molar-refractivity contribution >= 4 is 5.91 Å². The first kappa shape index (κ1) is 18.0. The van der Waals surface area contributed by atoms with Crippen molar-refractivity contribution in [1.29, 1.82) is 0 Å². The third-order valence-electron chi connectivity index (χ3n) is 5.51. The van der Waals surface area contributed by atoms with E-state index in [0.717, 1.165) is 50.5 Å². The minimum atomic E-state index is 0.182. The number of nitrogens with one attached hydrogen (secondary N) is 1. The van der Waals surface area contributed by atoms with Gasteiger partial charge in [-0.05, 0) is 31.9 Å². The lowest BCUT2D eigenvalue weighted by atomic mass is 9.85. The van der Waals surface area contributed by atoms with Gasteiger partial charge in [-0.15, -0.1) is 0 Å². The summed E-state index contributed by atoms with van der Waals surface area (Å²) in [6.45, 7) is 6.80. The predicted molar refractivity (Wildman–Crippen MR) is 103 cm³/mol. The molecule has 4 rings (SSSR count). The minimum Gasteiger partial charge on any atom is -0.494 e. The number of carbonyl (C=O) groups is 1. The molecule has 2 aromatic rings. The zero-order chi connectivity index (χ0) is 18.6. The van der Waals surface area contributed by atoms with Crippen molar-refractivity contribution in [1.82, 2.24) is 20.0 Å². The van der Waals surface area contributed by atoms with Crippen LogP contribution in [0.5, 0.6) is 5.75 Å². The van der Waals surface area contributed by atoms with E-state index in [1.165, 1.54) is 17.7 Å². The Balaban J connectivity index is 1.36. The Morgan fingerprint density at radius 2 is 2.15 bits per heavy atom. The predicted octanol–water partition coefficient (Wildman–Crippen LogP) is 2.71. The highest BCUT2D eigenvalue weighted by Gasteiger charge is 2.25. The average Bonchev–Trinajstić information content (AvgIpc) is 3.03. The number of carbonyl (C=O) groups excluding carboxylic acids is 1. The summed E-state index contributed by atoms with van der Waals surface area (Å²) < 4.78 is 7.83. The molecule has 1 aliphatic heterocycles. The Kier molecular flexibility index (Phi) is 5.43. The van der Waals surface area contributed by atoms with Crippen LogP contribution < -0.4 is 10.1 Å². The van der Waals surface area contributed by atoms with Crippen LogP contribution in [0.1, 0.15) is 43.1 Å². The molecule has 0 spiro atoms. The van der Waals surface area contributed by atoms with Crippen LogP contribution in [0, 0.1) is 5.92 Å². The highest BCUT2D eigenvalue weighted by Crippen LogP contribution is 2.26. The van der Waals surface area contributed by atoms with Gasteiger partial charge < -0.3 is 10.1 Å². The number of fused-ring (bicyclic) bond motifs is 1. The second-order valence-corrected chi connectivity index (χ2v) is 7.45. The number of rotatable bonds is 7. The molecule has 1 amide bonds. The maximum absolute atomic E-state index is 12.0. The second kappa shape index (κ2) is 8.13. The fourth-order valence-corrected chi connectivity index (χ4v) is 3.77. The summed E-state index contributed by atoms with van der Waals surface area (Å²) in [5.41, 5.74) is 3.39. The van der Waals surface area contributed by atoms with Crippen molar-refractivity contribution < 1.29 is 9.53 Å². The van der Waals surface area contributed by atoms with Gasteiger partial charge in [0.1, 0.15) is 5.75 Å². The van der Waals surface area contributed by atoms with Gasteiger partial charge >= 0.3 is 0 Å². The first-order valence-electron chi connectivity index (χ1n) is 9.99. The van der Waals surface area contributed by atoms with Gasteiger partial charge in [0.05, 0.1) is 31.1 Å². The van der Waals surface area contributed by atoms with Crippen LogP contribution in [0.2, 0.25) is 0 Å². The molecule has 0 atom stereocenters. The molecule has 2 heterocycles. The fraction of sp³-hybridized carbons (Fsp3) is 0.524. The van der Waals surface area contributed by atoms with Gasteiger partial charge in [-0.3, -0.25) is 14.4 Å². The van der Waals surface area contributed by atoms with E-state index >= 15 is 0 Å². The summed E-state index contributed by atoms with van der Waals surface area (Å²) in [5.74, 6) is 1.38. The van der Waals surface area contributed by atoms with E-state index in [2.05, 4.69) is 38.2 Å². The number of ether oxygens (including phenoxy) is 1. The van der Waals surface area contributed by atoms with Crippen LogP contribution in [-0.4, -0.2) is 33.7 Å². The maximum Gasteiger partial charge on any atom is 0.223 e. The third kappa shape index (κ3) is 4.16. The zero-order valence-corrected chi connectivity index (χ0v) is 16.0. The molecular formula is C21H28N4O2.